The molecule has 0 fully saturated rings. The summed E-state index contributed by atoms with van der Waals surface area (Å²) >= 11 is 0. The zero-order valence-electron chi connectivity index (χ0n) is 10.8. The van der Waals surface area contributed by atoms with E-state index in [1.807, 2.05) is 0 Å². The molecule has 1 aromatic carbocycles. The van der Waals surface area contributed by atoms with E-state index in [0.717, 1.165) is 0 Å². The Morgan fingerprint density at radius 3 is 2.40 bits per heavy atom. The molecule has 0 unspecified atom stereocenters. The van der Waals surface area contributed by atoms with Gasteiger partial charge in [0.15, 0.2) is 0 Å². The second kappa shape index (κ2) is 7.67. The smallest absolute Gasteiger partial charge is 0.362 e. The average Bonchev–Trinajstić information content (AvgIpc) is 2.39. The van der Waals surface area contributed by atoms with Gasteiger partial charge in [0.25, 0.3) is 0 Å². The zero-order valence-corrected chi connectivity index (χ0v) is 10.8. The van der Waals surface area contributed by atoms with E-state index >= 15 is 0 Å². The van der Waals surface area contributed by atoms with Crippen molar-refractivity contribution in [3.8, 4) is 0 Å². The molecule has 7 nitrogen and oxygen atoms in total. The van der Waals surface area contributed by atoms with Gasteiger partial charge in [0.05, 0.1) is 12.3 Å². The molecule has 2 N–H and O–H groups in total. The molecule has 0 saturated heterocycles. The number of carboxylic acids is 1. The van der Waals surface area contributed by atoms with Crippen LogP contribution in [0.3, 0.4) is 0 Å². The summed E-state index contributed by atoms with van der Waals surface area (Å²) in [7, 11) is 0. The van der Waals surface area contributed by atoms with E-state index in [1.165, 1.54) is 0 Å². The lowest BCUT2D eigenvalue weighted by atomic mass is 10.3. The summed E-state index contributed by atoms with van der Waals surface area (Å²) in [5, 5.41) is 25.5. The van der Waals surface area contributed by atoms with Gasteiger partial charge in [0.1, 0.15) is 12.2 Å². The average molecular weight is 278 g/mol. The lowest BCUT2D eigenvalue weighted by Crippen LogP contribution is -2.10. The number of hydrogen-bond donors (Lipinski definition) is 2. The molecule has 0 atom stereocenters. The van der Waals surface area contributed by atoms with E-state index in [4.69, 9.17) is 9.84 Å². The molecule has 7 heteroatoms. The fourth-order valence-electron chi connectivity index (χ4n) is 1.25. The van der Waals surface area contributed by atoms with Crippen LogP contribution in [0.1, 0.15) is 13.3 Å². The van der Waals surface area contributed by atoms with Crippen LogP contribution in [0.25, 0.3) is 0 Å². The van der Waals surface area contributed by atoms with E-state index < -0.39 is 29.8 Å². The fraction of sp³-hybridized carbons (Fsp3) is 0.231. The topological polar surface area (TPSA) is 109 Å². The molecule has 0 heterocycles. The summed E-state index contributed by atoms with van der Waals surface area (Å²) in [5.41, 5.74) is -0.0597. The van der Waals surface area contributed by atoms with Crippen molar-refractivity contribution in [2.45, 2.75) is 13.3 Å². The van der Waals surface area contributed by atoms with Gasteiger partial charge < -0.3 is 14.9 Å². The van der Waals surface area contributed by atoms with Crippen LogP contribution in [0, 0.1) is 0 Å². The maximum absolute atomic E-state index is 11.6. The Morgan fingerprint density at radius 1 is 1.20 bits per heavy atom. The van der Waals surface area contributed by atoms with E-state index in [2.05, 4.69) is 10.2 Å². The van der Waals surface area contributed by atoms with Crippen LogP contribution in [0.2, 0.25) is 0 Å². The highest BCUT2D eigenvalue weighted by atomic mass is 16.5. The number of ether oxygens (including phenoxy) is 1. The monoisotopic (exact) mass is 278 g/mol. The molecule has 20 heavy (non-hydrogen) atoms. The zero-order chi connectivity index (χ0) is 15.0. The summed E-state index contributed by atoms with van der Waals surface area (Å²) in [6.07, 6.45) is -0.734. The minimum absolute atomic E-state index is 0.0730. The first-order valence-corrected chi connectivity index (χ1v) is 5.82. The number of esters is 1. The van der Waals surface area contributed by atoms with Gasteiger partial charge in [-0.2, -0.15) is 5.11 Å². The highest BCUT2D eigenvalue weighted by Gasteiger charge is 2.18. The number of carbonyl (C=O) groups excluding carboxylic acids is 1. The predicted molar refractivity (Wildman–Crippen MR) is 69.5 cm³/mol. The van der Waals surface area contributed by atoms with E-state index in [9.17, 15) is 14.7 Å². The van der Waals surface area contributed by atoms with Crippen molar-refractivity contribution in [1.29, 1.82) is 0 Å². The number of aliphatic carboxylic acids is 1. The maximum Gasteiger partial charge on any atom is 0.362 e. The van der Waals surface area contributed by atoms with Crippen molar-refractivity contribution in [1.82, 2.24) is 0 Å². The van der Waals surface area contributed by atoms with Gasteiger partial charge in [0, 0.05) is 0 Å². The normalized spacial score (nSPS) is 12.1. The van der Waals surface area contributed by atoms with Crippen molar-refractivity contribution in [3.05, 3.63) is 41.8 Å². The van der Waals surface area contributed by atoms with Gasteiger partial charge >= 0.3 is 11.9 Å². The Balaban J connectivity index is 3.02. The highest BCUT2D eigenvalue weighted by Crippen LogP contribution is 2.16. The van der Waals surface area contributed by atoms with Crippen LogP contribution >= 0.6 is 0 Å². The third kappa shape index (κ3) is 4.89. The lowest BCUT2D eigenvalue weighted by Gasteiger charge is -2.03. The minimum atomic E-state index is -1.29. The number of aliphatic hydroxyl groups excluding tert-OH is 1. The summed E-state index contributed by atoms with van der Waals surface area (Å²) in [6.45, 7) is 1.65. The third-order valence-electron chi connectivity index (χ3n) is 2.08. The molecule has 0 bridgehead atoms. The van der Waals surface area contributed by atoms with E-state index in [-0.39, 0.29) is 6.61 Å². The Labute approximate surface area is 115 Å². The third-order valence-corrected chi connectivity index (χ3v) is 2.08. The van der Waals surface area contributed by atoms with E-state index in [1.54, 1.807) is 37.3 Å². The molecule has 0 aliphatic rings. The molecular weight excluding hydrogens is 264 g/mol. The first-order chi connectivity index (χ1) is 9.54. The van der Waals surface area contributed by atoms with Crippen LogP contribution < -0.4 is 0 Å². The van der Waals surface area contributed by atoms with Crippen LogP contribution in [-0.4, -0.2) is 28.8 Å². The second-order valence-corrected chi connectivity index (χ2v) is 3.62. The van der Waals surface area contributed by atoms with Crippen molar-refractivity contribution in [2.24, 2.45) is 10.2 Å². The molecule has 106 valence electrons. The number of carbonyl (C=O) groups is 2. The molecule has 0 spiro atoms. The Bertz CT molecular complexity index is 537. The van der Waals surface area contributed by atoms with Crippen LogP contribution in [-0.2, 0) is 14.3 Å². The molecule has 1 rings (SSSR count). The molecule has 0 saturated carbocycles. The second-order valence-electron chi connectivity index (χ2n) is 3.62. The Kier molecular flexibility index (Phi) is 5.89. The molecular formula is C13H14N2O5. The fourth-order valence-corrected chi connectivity index (χ4v) is 1.25. The van der Waals surface area contributed by atoms with Crippen LogP contribution in [0.15, 0.2) is 52.0 Å². The quantitative estimate of drug-likeness (QED) is 0.360. The highest BCUT2D eigenvalue weighted by molar-refractivity contribution is 5.89. The van der Waals surface area contributed by atoms with Crippen molar-refractivity contribution in [3.63, 3.8) is 0 Å². The summed E-state index contributed by atoms with van der Waals surface area (Å²) in [4.78, 5) is 22.2. The molecule has 0 amide bonds. The number of azo groups is 1. The van der Waals surface area contributed by atoms with Crippen LogP contribution in [0.4, 0.5) is 5.69 Å². The standard InChI is InChI=1S/C13H14N2O5/c1-2-20-13(19)12(10(16)8-11(17)18)15-14-9-6-4-3-5-7-9/h3-7,16H,2,8H2,1H3,(H,17,18). The van der Waals surface area contributed by atoms with Crippen molar-refractivity contribution in [2.75, 3.05) is 6.61 Å². The van der Waals surface area contributed by atoms with Crippen LogP contribution in [0.5, 0.6) is 0 Å². The van der Waals surface area contributed by atoms with E-state index in [0.29, 0.717) is 5.69 Å². The van der Waals surface area contributed by atoms with Crippen molar-refractivity contribution < 1.29 is 24.5 Å². The molecule has 0 aliphatic carbocycles. The maximum atomic E-state index is 11.6. The first kappa shape index (κ1) is 15.4. The summed E-state index contributed by atoms with van der Waals surface area (Å²) < 4.78 is 4.69. The summed E-state index contributed by atoms with van der Waals surface area (Å²) in [6, 6.07) is 8.50. The largest absolute Gasteiger partial charge is 0.509 e. The van der Waals surface area contributed by atoms with Gasteiger partial charge in [-0.05, 0) is 19.1 Å². The van der Waals surface area contributed by atoms with Gasteiger partial charge in [-0.25, -0.2) is 4.79 Å². The molecule has 1 aromatic rings. The van der Waals surface area contributed by atoms with Gasteiger partial charge in [-0.1, -0.05) is 18.2 Å². The lowest BCUT2D eigenvalue weighted by molar-refractivity contribution is -0.138. The molecule has 0 aliphatic heterocycles. The van der Waals surface area contributed by atoms with Gasteiger partial charge in [0.2, 0.25) is 5.70 Å². The number of aliphatic hydroxyl groups is 1. The Morgan fingerprint density at radius 2 is 1.85 bits per heavy atom. The Hall–Kier alpha value is -2.70. The summed E-state index contributed by atoms with van der Waals surface area (Å²) in [5.74, 6) is -2.92. The number of benzene rings is 1. The van der Waals surface area contributed by atoms with Crippen molar-refractivity contribution >= 4 is 17.6 Å². The first-order valence-electron chi connectivity index (χ1n) is 5.82. The number of rotatable bonds is 6. The molecule has 0 radical (unpaired) electrons. The number of carboxylic acid groups (broad SMARTS) is 1. The SMILES string of the molecule is CCOC(=O)C(N=Nc1ccccc1)=C(O)CC(=O)O. The number of nitrogens with zero attached hydrogens (tertiary/aromatic N) is 2. The number of hydrogen-bond acceptors (Lipinski definition) is 6. The van der Waals surface area contributed by atoms with Gasteiger partial charge in [-0.3, -0.25) is 4.79 Å². The predicted octanol–water partition coefficient (Wildman–Crippen LogP) is 2.58. The minimum Gasteiger partial charge on any atom is -0.509 e. The van der Waals surface area contributed by atoms with Gasteiger partial charge in [-0.15, -0.1) is 5.11 Å². The molecule has 0 aromatic heterocycles.